The Morgan fingerprint density at radius 3 is 2.61 bits per heavy atom. The lowest BCUT2D eigenvalue weighted by atomic mass is 9.45. The Hall–Kier alpha value is -1.05. The maximum atomic E-state index is 12.2. The molecule has 0 aromatic rings. The van der Waals surface area contributed by atoms with E-state index in [1.54, 1.807) is 5.70 Å². The van der Waals surface area contributed by atoms with Crippen molar-refractivity contribution in [2.75, 3.05) is 13.1 Å². The van der Waals surface area contributed by atoms with E-state index in [-0.39, 0.29) is 0 Å². The lowest BCUT2D eigenvalue weighted by molar-refractivity contribution is -0.122. The van der Waals surface area contributed by atoms with E-state index in [1.807, 2.05) is 0 Å². The molecule has 1 heterocycles. The number of ketones is 1. The van der Waals surface area contributed by atoms with Gasteiger partial charge in [-0.3, -0.25) is 4.79 Å². The number of carbonyl (C=O) groups is 1. The zero-order valence-corrected chi connectivity index (χ0v) is 18.3. The van der Waals surface area contributed by atoms with E-state index in [4.69, 9.17) is 0 Å². The second-order valence-corrected chi connectivity index (χ2v) is 11.0. The monoisotopic (exact) mass is 381 g/mol. The van der Waals surface area contributed by atoms with E-state index in [0.29, 0.717) is 22.5 Å². The Morgan fingerprint density at radius 2 is 1.86 bits per heavy atom. The van der Waals surface area contributed by atoms with E-state index in [9.17, 15) is 4.79 Å². The topological polar surface area (TPSA) is 20.3 Å². The number of Topliss-reactive ketones (excluding diaryl/α,β-unsaturated/α-hetero) is 1. The van der Waals surface area contributed by atoms with Gasteiger partial charge in [-0.1, -0.05) is 38.5 Å². The van der Waals surface area contributed by atoms with Gasteiger partial charge in [-0.15, -0.1) is 0 Å². The van der Waals surface area contributed by atoms with Crippen LogP contribution in [-0.2, 0) is 4.79 Å². The first kappa shape index (κ1) is 18.9. The number of allylic oxidation sites excluding steroid dienone is 4. The highest BCUT2D eigenvalue weighted by Crippen LogP contribution is 2.66. The zero-order valence-electron chi connectivity index (χ0n) is 18.3. The number of carbonyl (C=O) groups excluding carboxylic acids is 1. The van der Waals surface area contributed by atoms with Crippen molar-refractivity contribution >= 4 is 5.78 Å². The van der Waals surface area contributed by atoms with Crippen molar-refractivity contribution in [1.29, 1.82) is 0 Å². The summed E-state index contributed by atoms with van der Waals surface area (Å²) in [6, 6.07) is 0. The van der Waals surface area contributed by atoms with Gasteiger partial charge in [-0.2, -0.15) is 0 Å². The van der Waals surface area contributed by atoms with Crippen LogP contribution in [0.15, 0.2) is 23.4 Å². The molecule has 2 heteroatoms. The lowest BCUT2D eigenvalue weighted by Crippen LogP contribution is -2.53. The van der Waals surface area contributed by atoms with Gasteiger partial charge >= 0.3 is 0 Å². The Bertz CT molecular complexity index is 714. The third kappa shape index (κ3) is 2.62. The molecule has 0 amide bonds. The summed E-state index contributed by atoms with van der Waals surface area (Å²) in [7, 11) is 0. The molecule has 6 atom stereocenters. The van der Waals surface area contributed by atoms with Crippen LogP contribution in [0.25, 0.3) is 0 Å². The Labute approximate surface area is 171 Å². The standard InChI is InChI=1S/C26H39NO/c1-4-18-16-19-17-20(28)10-12-25(19,2)22-11-13-26(3)21(24(18)22)8-9-23(26)27-14-6-5-7-15-27/h9,16,18,21-22,24H,4-8,10-15,17H2,1-3H3/t18?,21-,22+,24-,25-,26-/m0/s1. The second kappa shape index (κ2) is 6.74. The highest BCUT2D eigenvalue weighted by atomic mass is 16.1. The third-order valence-electron chi connectivity index (χ3n) is 9.81. The van der Waals surface area contributed by atoms with Crippen molar-refractivity contribution in [3.8, 4) is 0 Å². The Kier molecular flexibility index (Phi) is 4.56. The van der Waals surface area contributed by atoms with Crippen LogP contribution in [0.2, 0.25) is 0 Å². The molecule has 3 fully saturated rings. The number of piperidine rings is 1. The quantitative estimate of drug-likeness (QED) is 0.536. The highest BCUT2D eigenvalue weighted by Gasteiger charge is 2.59. The predicted octanol–water partition coefficient (Wildman–Crippen LogP) is 6.13. The first-order valence-corrected chi connectivity index (χ1v) is 12.2. The minimum Gasteiger partial charge on any atom is -0.375 e. The maximum Gasteiger partial charge on any atom is 0.136 e. The number of likely N-dealkylation sites (tertiary alicyclic amines) is 1. The SMILES string of the molecule is CCC1C=C2CC(=O)CC[C@]2(C)[C@@H]2CC[C@]3(C)C(N4CCCCC4)=CC[C@H]3[C@H]12. The normalized spacial score (nSPS) is 45.7. The van der Waals surface area contributed by atoms with Crippen LogP contribution in [0, 0.1) is 34.5 Å². The summed E-state index contributed by atoms with van der Waals surface area (Å²) in [4.78, 5) is 15.0. The summed E-state index contributed by atoms with van der Waals surface area (Å²) in [5.41, 5.74) is 3.91. The molecular weight excluding hydrogens is 342 g/mol. The van der Waals surface area contributed by atoms with Gasteiger partial charge in [-0.25, -0.2) is 0 Å². The minimum absolute atomic E-state index is 0.291. The van der Waals surface area contributed by atoms with Crippen molar-refractivity contribution in [2.45, 2.75) is 85.0 Å². The number of nitrogens with zero attached hydrogens (tertiary/aromatic N) is 1. The molecule has 0 aromatic heterocycles. The van der Waals surface area contributed by atoms with Crippen molar-refractivity contribution < 1.29 is 4.79 Å². The van der Waals surface area contributed by atoms with Crippen molar-refractivity contribution in [3.63, 3.8) is 0 Å². The fourth-order valence-corrected chi connectivity index (χ4v) is 8.21. The van der Waals surface area contributed by atoms with Crippen LogP contribution in [0.5, 0.6) is 0 Å². The summed E-state index contributed by atoms with van der Waals surface area (Å²) < 4.78 is 0. The molecule has 5 aliphatic rings. The molecule has 1 aliphatic heterocycles. The van der Waals surface area contributed by atoms with E-state index < -0.39 is 0 Å². The molecule has 0 aromatic carbocycles. The summed E-state index contributed by atoms with van der Waals surface area (Å²) in [5.74, 6) is 3.56. The van der Waals surface area contributed by atoms with Crippen LogP contribution < -0.4 is 0 Å². The average Bonchev–Trinajstić information content (AvgIpc) is 3.06. The molecule has 0 spiro atoms. The molecule has 2 saturated carbocycles. The van der Waals surface area contributed by atoms with Gasteiger partial charge in [0, 0.05) is 37.0 Å². The largest absolute Gasteiger partial charge is 0.375 e. The van der Waals surface area contributed by atoms with Gasteiger partial charge in [0.05, 0.1) is 0 Å². The molecular formula is C26H39NO. The van der Waals surface area contributed by atoms with E-state index >= 15 is 0 Å². The molecule has 28 heavy (non-hydrogen) atoms. The molecule has 154 valence electrons. The van der Waals surface area contributed by atoms with E-state index in [1.165, 1.54) is 63.6 Å². The minimum atomic E-state index is 0.291. The van der Waals surface area contributed by atoms with Gasteiger partial charge in [0.15, 0.2) is 0 Å². The van der Waals surface area contributed by atoms with Crippen LogP contribution in [-0.4, -0.2) is 23.8 Å². The molecule has 2 nitrogen and oxygen atoms in total. The lowest BCUT2D eigenvalue weighted by Gasteiger charge is -2.59. The van der Waals surface area contributed by atoms with Crippen molar-refractivity contribution in [1.82, 2.24) is 4.90 Å². The Morgan fingerprint density at radius 1 is 1.07 bits per heavy atom. The van der Waals surface area contributed by atoms with Gasteiger partial charge in [0.1, 0.15) is 5.78 Å². The zero-order chi connectivity index (χ0) is 19.5. The van der Waals surface area contributed by atoms with E-state index in [2.05, 4.69) is 37.8 Å². The number of fused-ring (bicyclic) bond motifs is 5. The predicted molar refractivity (Wildman–Crippen MR) is 115 cm³/mol. The summed E-state index contributed by atoms with van der Waals surface area (Å²) in [6.45, 7) is 10.1. The fourth-order valence-electron chi connectivity index (χ4n) is 8.21. The second-order valence-electron chi connectivity index (χ2n) is 11.0. The molecule has 1 unspecified atom stereocenters. The van der Waals surface area contributed by atoms with Crippen molar-refractivity contribution in [3.05, 3.63) is 23.4 Å². The van der Waals surface area contributed by atoms with Crippen LogP contribution in [0.1, 0.15) is 85.0 Å². The van der Waals surface area contributed by atoms with Crippen LogP contribution in [0.4, 0.5) is 0 Å². The molecule has 4 aliphatic carbocycles. The molecule has 5 rings (SSSR count). The first-order chi connectivity index (χ1) is 13.5. The number of hydrogen-bond acceptors (Lipinski definition) is 2. The molecule has 1 saturated heterocycles. The van der Waals surface area contributed by atoms with Crippen LogP contribution in [0.3, 0.4) is 0 Å². The Balaban J connectivity index is 1.49. The van der Waals surface area contributed by atoms with Gasteiger partial charge < -0.3 is 4.90 Å². The molecule has 0 radical (unpaired) electrons. The van der Waals surface area contributed by atoms with E-state index in [0.717, 1.165) is 37.0 Å². The van der Waals surface area contributed by atoms with Crippen molar-refractivity contribution in [2.24, 2.45) is 34.5 Å². The third-order valence-corrected chi connectivity index (χ3v) is 9.81. The highest BCUT2D eigenvalue weighted by molar-refractivity contribution is 5.82. The summed E-state index contributed by atoms with van der Waals surface area (Å²) >= 11 is 0. The summed E-state index contributed by atoms with van der Waals surface area (Å²) in [6.07, 6.45) is 17.3. The average molecular weight is 382 g/mol. The van der Waals surface area contributed by atoms with Crippen LogP contribution >= 0.6 is 0 Å². The summed E-state index contributed by atoms with van der Waals surface area (Å²) in [5, 5.41) is 0. The first-order valence-electron chi connectivity index (χ1n) is 12.2. The van der Waals surface area contributed by atoms with Gasteiger partial charge in [0.25, 0.3) is 0 Å². The smallest absolute Gasteiger partial charge is 0.136 e. The molecule has 0 bridgehead atoms. The number of rotatable bonds is 2. The van der Waals surface area contributed by atoms with Gasteiger partial charge in [-0.05, 0) is 80.5 Å². The van der Waals surface area contributed by atoms with Gasteiger partial charge in [0.2, 0.25) is 0 Å². The fraction of sp³-hybridized carbons (Fsp3) is 0.808. The molecule has 0 N–H and O–H groups in total. The maximum absolute atomic E-state index is 12.2. The number of hydrogen-bond donors (Lipinski definition) is 0.